The summed E-state index contributed by atoms with van der Waals surface area (Å²) in [4.78, 5) is 12.3. The molecule has 0 saturated heterocycles. The maximum Gasteiger partial charge on any atom is 0.169 e. The van der Waals surface area contributed by atoms with Gasteiger partial charge in [0.25, 0.3) is 0 Å². The van der Waals surface area contributed by atoms with Crippen molar-refractivity contribution in [3.05, 3.63) is 18.7 Å². The lowest BCUT2D eigenvalue weighted by Crippen LogP contribution is -1.97. The molecule has 1 unspecified atom stereocenters. The van der Waals surface area contributed by atoms with Crippen molar-refractivity contribution in [2.45, 2.75) is 12.8 Å². The second-order valence-electron chi connectivity index (χ2n) is 4.19. The Morgan fingerprint density at radius 1 is 1.41 bits per heavy atom. The third-order valence-electron chi connectivity index (χ3n) is 3.11. The summed E-state index contributed by atoms with van der Waals surface area (Å²) in [5, 5.41) is 9.12. The summed E-state index contributed by atoms with van der Waals surface area (Å²) in [6.07, 6.45) is 7.10. The van der Waals surface area contributed by atoms with Crippen molar-refractivity contribution >= 4 is 22.7 Å². The van der Waals surface area contributed by atoms with Crippen molar-refractivity contribution in [2.24, 2.45) is 5.92 Å². The van der Waals surface area contributed by atoms with E-state index in [9.17, 15) is 0 Å². The van der Waals surface area contributed by atoms with Crippen molar-refractivity contribution in [1.29, 1.82) is 0 Å². The van der Waals surface area contributed by atoms with E-state index in [2.05, 4.69) is 21.0 Å². The largest absolute Gasteiger partial charge is 0.396 e. The Morgan fingerprint density at radius 3 is 3.06 bits per heavy atom. The Bertz CT molecular complexity index is 589. The first-order valence-electron chi connectivity index (χ1n) is 5.55. The number of imidazole rings is 1. The summed E-state index contributed by atoms with van der Waals surface area (Å²) in [7, 11) is 0. The van der Waals surface area contributed by atoms with Crippen molar-refractivity contribution in [3.8, 4) is 0 Å². The van der Waals surface area contributed by atoms with E-state index in [1.807, 2.05) is 4.57 Å². The molecular formula is C11H13N5O. The van der Waals surface area contributed by atoms with Crippen LogP contribution < -0.4 is 5.73 Å². The second kappa shape index (κ2) is 3.81. The fourth-order valence-electron chi connectivity index (χ4n) is 2.18. The van der Waals surface area contributed by atoms with E-state index >= 15 is 0 Å². The van der Waals surface area contributed by atoms with Gasteiger partial charge in [-0.05, 0) is 12.8 Å². The maximum absolute atomic E-state index is 9.12. The van der Waals surface area contributed by atoms with Crippen LogP contribution in [0.15, 0.2) is 18.7 Å². The summed E-state index contributed by atoms with van der Waals surface area (Å²) in [6.45, 7) is 0.188. The molecule has 0 bridgehead atoms. The Labute approximate surface area is 97.8 Å². The van der Waals surface area contributed by atoms with Gasteiger partial charge in [0, 0.05) is 18.2 Å². The molecule has 0 fully saturated rings. The van der Waals surface area contributed by atoms with Gasteiger partial charge in [-0.25, -0.2) is 15.0 Å². The summed E-state index contributed by atoms with van der Waals surface area (Å²) in [5.41, 5.74) is 8.20. The lowest BCUT2D eigenvalue weighted by molar-refractivity contribution is 0.251. The Hall–Kier alpha value is -1.95. The highest BCUT2D eigenvalue weighted by Gasteiger charge is 2.18. The highest BCUT2D eigenvalue weighted by atomic mass is 16.3. The molecule has 3 N–H and O–H groups in total. The number of hydrogen-bond donors (Lipinski definition) is 2. The molecule has 6 nitrogen and oxygen atoms in total. The number of allylic oxidation sites excluding steroid dienone is 1. The standard InChI is InChI=1S/C11H13N5O/c12-10-9-11(14-5-13-10)16(6-15-9)8-2-1-7(3-8)4-17/h3,5-7,17H,1-2,4H2,(H2,12,13,14). The average molecular weight is 231 g/mol. The van der Waals surface area contributed by atoms with Gasteiger partial charge in [0.05, 0.1) is 0 Å². The van der Waals surface area contributed by atoms with E-state index in [-0.39, 0.29) is 12.5 Å². The fourth-order valence-corrected chi connectivity index (χ4v) is 2.18. The molecule has 3 rings (SSSR count). The van der Waals surface area contributed by atoms with Crippen molar-refractivity contribution in [2.75, 3.05) is 12.3 Å². The van der Waals surface area contributed by atoms with Crippen LogP contribution >= 0.6 is 0 Å². The molecule has 0 radical (unpaired) electrons. The smallest absolute Gasteiger partial charge is 0.169 e. The van der Waals surface area contributed by atoms with E-state index in [0.29, 0.717) is 11.3 Å². The first kappa shape index (κ1) is 10.2. The zero-order valence-electron chi connectivity index (χ0n) is 9.24. The molecule has 0 amide bonds. The van der Waals surface area contributed by atoms with Gasteiger partial charge in [0.2, 0.25) is 0 Å². The Balaban J connectivity index is 2.10. The number of rotatable bonds is 2. The molecule has 2 aromatic rings. The van der Waals surface area contributed by atoms with Crippen LogP contribution in [0.25, 0.3) is 16.9 Å². The van der Waals surface area contributed by atoms with Crippen LogP contribution in [0.4, 0.5) is 5.82 Å². The average Bonchev–Trinajstić information content (AvgIpc) is 2.94. The van der Waals surface area contributed by atoms with Gasteiger partial charge in [-0.3, -0.25) is 4.57 Å². The highest BCUT2D eigenvalue weighted by molar-refractivity contribution is 5.83. The zero-order valence-corrected chi connectivity index (χ0v) is 9.24. The third kappa shape index (κ3) is 1.57. The Morgan fingerprint density at radius 2 is 2.29 bits per heavy atom. The van der Waals surface area contributed by atoms with Crippen LogP contribution in [-0.4, -0.2) is 31.2 Å². The normalized spacial score (nSPS) is 19.8. The summed E-state index contributed by atoms with van der Waals surface area (Å²) in [6, 6.07) is 0. The molecule has 88 valence electrons. The number of nitrogen functional groups attached to an aromatic ring is 1. The van der Waals surface area contributed by atoms with E-state index in [1.54, 1.807) is 6.33 Å². The van der Waals surface area contributed by atoms with Crippen LogP contribution in [0.2, 0.25) is 0 Å². The molecule has 0 saturated carbocycles. The molecule has 0 spiro atoms. The number of fused-ring (bicyclic) bond motifs is 1. The van der Waals surface area contributed by atoms with Gasteiger partial charge in [0.1, 0.15) is 12.7 Å². The van der Waals surface area contributed by atoms with Crippen LogP contribution in [0.3, 0.4) is 0 Å². The number of aromatic nitrogens is 4. The number of anilines is 1. The van der Waals surface area contributed by atoms with Crippen molar-refractivity contribution < 1.29 is 5.11 Å². The first-order valence-corrected chi connectivity index (χ1v) is 5.55. The summed E-state index contributed by atoms with van der Waals surface area (Å²) in [5.74, 6) is 0.632. The third-order valence-corrected chi connectivity index (χ3v) is 3.11. The minimum absolute atomic E-state index is 0.188. The minimum atomic E-state index is 0.188. The number of nitrogens with zero attached hydrogens (tertiary/aromatic N) is 4. The second-order valence-corrected chi connectivity index (χ2v) is 4.19. The SMILES string of the molecule is Nc1ncnc2c1ncn2C1=CC(CO)CC1. The van der Waals surface area contributed by atoms with Crippen molar-refractivity contribution in [3.63, 3.8) is 0 Å². The lowest BCUT2D eigenvalue weighted by Gasteiger charge is -2.03. The maximum atomic E-state index is 9.12. The van der Waals surface area contributed by atoms with Gasteiger partial charge in [-0.1, -0.05) is 6.08 Å². The summed E-state index contributed by atoms with van der Waals surface area (Å²) >= 11 is 0. The van der Waals surface area contributed by atoms with E-state index in [0.717, 1.165) is 24.2 Å². The van der Waals surface area contributed by atoms with E-state index in [1.165, 1.54) is 6.33 Å². The van der Waals surface area contributed by atoms with Crippen molar-refractivity contribution in [1.82, 2.24) is 19.5 Å². The number of aliphatic hydroxyl groups excluding tert-OH is 1. The van der Waals surface area contributed by atoms with Gasteiger partial charge >= 0.3 is 0 Å². The fraction of sp³-hybridized carbons (Fsp3) is 0.364. The number of aliphatic hydroxyl groups is 1. The van der Waals surface area contributed by atoms with E-state index < -0.39 is 0 Å². The first-order chi connectivity index (χ1) is 8.29. The Kier molecular flexibility index (Phi) is 2.29. The predicted molar refractivity (Wildman–Crippen MR) is 63.8 cm³/mol. The summed E-state index contributed by atoms with van der Waals surface area (Å²) < 4.78 is 1.92. The molecule has 1 aliphatic rings. The molecule has 0 aliphatic heterocycles. The van der Waals surface area contributed by atoms with Crippen LogP contribution in [-0.2, 0) is 0 Å². The van der Waals surface area contributed by atoms with Gasteiger partial charge < -0.3 is 10.8 Å². The molecule has 1 aliphatic carbocycles. The predicted octanol–water partition coefficient (Wildman–Crippen LogP) is 0.652. The molecular weight excluding hydrogens is 218 g/mol. The number of nitrogens with two attached hydrogens (primary N) is 1. The van der Waals surface area contributed by atoms with Crippen LogP contribution in [0.1, 0.15) is 12.8 Å². The van der Waals surface area contributed by atoms with Crippen LogP contribution in [0.5, 0.6) is 0 Å². The zero-order chi connectivity index (χ0) is 11.8. The molecule has 17 heavy (non-hydrogen) atoms. The highest BCUT2D eigenvalue weighted by Crippen LogP contribution is 2.29. The lowest BCUT2D eigenvalue weighted by atomic mass is 10.1. The molecule has 6 heteroatoms. The minimum Gasteiger partial charge on any atom is -0.396 e. The van der Waals surface area contributed by atoms with Crippen LogP contribution in [0, 0.1) is 5.92 Å². The van der Waals surface area contributed by atoms with E-state index in [4.69, 9.17) is 10.8 Å². The molecule has 0 aromatic carbocycles. The van der Waals surface area contributed by atoms with Gasteiger partial charge in [0.15, 0.2) is 17.0 Å². The molecule has 2 aromatic heterocycles. The monoisotopic (exact) mass is 231 g/mol. The molecule has 2 heterocycles. The topological polar surface area (TPSA) is 89.9 Å². The molecule has 1 atom stereocenters. The quantitative estimate of drug-likeness (QED) is 0.792. The van der Waals surface area contributed by atoms with Gasteiger partial charge in [-0.2, -0.15) is 0 Å². The number of hydrogen-bond acceptors (Lipinski definition) is 5. The van der Waals surface area contributed by atoms with Gasteiger partial charge in [-0.15, -0.1) is 0 Å².